The van der Waals surface area contributed by atoms with Crippen molar-refractivity contribution in [3.8, 4) is 5.75 Å². The molecule has 0 aliphatic carbocycles. The van der Waals surface area contributed by atoms with Crippen LogP contribution in [0.15, 0.2) is 58.1 Å². The van der Waals surface area contributed by atoms with Crippen LogP contribution in [0.1, 0.15) is 26.3 Å². The van der Waals surface area contributed by atoms with E-state index in [1.54, 1.807) is 36.3 Å². The molecule has 1 atom stereocenters. The van der Waals surface area contributed by atoms with E-state index in [1.807, 2.05) is 38.1 Å². The Morgan fingerprint density at radius 3 is 2.36 bits per heavy atom. The molecule has 1 unspecified atom stereocenters. The number of ether oxygens (including phenoxy) is 1. The predicted octanol–water partition coefficient (Wildman–Crippen LogP) is 2.49. The number of anilines is 1. The molecule has 3 aromatic rings. The number of methoxy groups -OCH3 is 1. The molecule has 2 heterocycles. The number of carbonyl (C=O) groups excluding carboxylic acids is 1. The van der Waals surface area contributed by atoms with Gasteiger partial charge in [-0.1, -0.05) is 31.2 Å². The van der Waals surface area contributed by atoms with Gasteiger partial charge in [-0.05, 0) is 37.6 Å². The maximum Gasteiger partial charge on any atom is 0.332 e. The van der Waals surface area contributed by atoms with Crippen LogP contribution in [-0.4, -0.2) is 53.2 Å². The molecule has 1 saturated heterocycles. The molecule has 2 aromatic carbocycles. The Hall–Kier alpha value is -3.55. The van der Waals surface area contributed by atoms with Crippen LogP contribution < -0.4 is 20.9 Å². The lowest BCUT2D eigenvalue weighted by molar-refractivity contribution is -0.132. The van der Waals surface area contributed by atoms with Gasteiger partial charge < -0.3 is 14.5 Å². The van der Waals surface area contributed by atoms with Gasteiger partial charge in [0.05, 0.1) is 23.7 Å². The summed E-state index contributed by atoms with van der Waals surface area (Å²) < 4.78 is 8.18. The summed E-state index contributed by atoms with van der Waals surface area (Å²) >= 11 is 0. The highest BCUT2D eigenvalue weighted by atomic mass is 16.5. The van der Waals surface area contributed by atoms with Crippen molar-refractivity contribution in [3.05, 3.63) is 69.4 Å². The van der Waals surface area contributed by atoms with E-state index in [9.17, 15) is 14.4 Å². The third-order valence-corrected chi connectivity index (χ3v) is 6.46. The van der Waals surface area contributed by atoms with Gasteiger partial charge in [0.2, 0.25) is 5.91 Å². The molecule has 0 saturated carbocycles. The number of hydrogen-bond donors (Lipinski definition) is 0. The summed E-state index contributed by atoms with van der Waals surface area (Å²) in [5.41, 5.74) is 0.760. The fourth-order valence-corrected chi connectivity index (χ4v) is 4.39. The predicted molar refractivity (Wildman–Crippen MR) is 129 cm³/mol. The van der Waals surface area contributed by atoms with Gasteiger partial charge in [-0.15, -0.1) is 0 Å². The zero-order valence-corrected chi connectivity index (χ0v) is 19.4. The third-order valence-electron chi connectivity index (χ3n) is 6.46. The lowest BCUT2D eigenvalue weighted by Crippen LogP contribution is -2.51. The number of piperazine rings is 1. The van der Waals surface area contributed by atoms with E-state index < -0.39 is 5.69 Å². The maximum absolute atomic E-state index is 13.3. The van der Waals surface area contributed by atoms with Crippen LogP contribution in [0.2, 0.25) is 0 Å². The van der Waals surface area contributed by atoms with Gasteiger partial charge in [-0.2, -0.15) is 0 Å². The number of nitrogens with zero attached hydrogens (tertiary/aromatic N) is 4. The van der Waals surface area contributed by atoms with Crippen molar-refractivity contribution < 1.29 is 9.53 Å². The summed E-state index contributed by atoms with van der Waals surface area (Å²) in [4.78, 5) is 43.4. The molecule has 4 rings (SSSR count). The van der Waals surface area contributed by atoms with Gasteiger partial charge in [0.15, 0.2) is 0 Å². The standard InChI is InChI=1S/C25H30N4O4/c1-4-18(2)29-24(31)19-9-5-6-10-20(19)28(25(29)32)17-23(30)27-15-13-26(14-16-27)21-11-7-8-12-22(21)33-3/h5-12,18H,4,13-17H2,1-3H3. The molecule has 1 fully saturated rings. The maximum atomic E-state index is 13.3. The van der Waals surface area contributed by atoms with Crippen LogP contribution in [0.5, 0.6) is 5.75 Å². The van der Waals surface area contributed by atoms with Gasteiger partial charge in [-0.25, -0.2) is 4.79 Å². The van der Waals surface area contributed by atoms with E-state index >= 15 is 0 Å². The van der Waals surface area contributed by atoms with E-state index in [4.69, 9.17) is 4.74 Å². The quantitative estimate of drug-likeness (QED) is 0.577. The van der Waals surface area contributed by atoms with Gasteiger partial charge in [-0.3, -0.25) is 18.7 Å². The highest BCUT2D eigenvalue weighted by Gasteiger charge is 2.25. The molecule has 0 spiro atoms. The van der Waals surface area contributed by atoms with E-state index in [2.05, 4.69) is 4.90 Å². The average molecular weight is 451 g/mol. The minimum Gasteiger partial charge on any atom is -0.495 e. The number of hydrogen-bond acceptors (Lipinski definition) is 5. The largest absolute Gasteiger partial charge is 0.495 e. The molecule has 33 heavy (non-hydrogen) atoms. The number of carbonyl (C=O) groups is 1. The van der Waals surface area contributed by atoms with Crippen LogP contribution in [-0.2, 0) is 11.3 Å². The summed E-state index contributed by atoms with van der Waals surface area (Å²) in [6.07, 6.45) is 0.645. The first kappa shape index (κ1) is 22.6. The molecule has 8 heteroatoms. The first-order valence-electron chi connectivity index (χ1n) is 11.4. The van der Waals surface area contributed by atoms with Gasteiger partial charge in [0, 0.05) is 32.2 Å². The Kier molecular flexibility index (Phi) is 6.53. The number of fused-ring (bicyclic) bond motifs is 1. The van der Waals surface area contributed by atoms with Gasteiger partial charge in [0.25, 0.3) is 5.56 Å². The topological polar surface area (TPSA) is 76.8 Å². The van der Waals surface area contributed by atoms with Crippen molar-refractivity contribution in [3.63, 3.8) is 0 Å². The zero-order chi connectivity index (χ0) is 23.5. The molecule has 174 valence electrons. The first-order chi connectivity index (χ1) is 16.0. The number of amides is 1. The molecule has 0 N–H and O–H groups in total. The Morgan fingerprint density at radius 1 is 1.00 bits per heavy atom. The second kappa shape index (κ2) is 9.52. The van der Waals surface area contributed by atoms with E-state index in [0.29, 0.717) is 43.5 Å². The number of para-hydroxylation sites is 3. The van der Waals surface area contributed by atoms with Crippen LogP contribution >= 0.6 is 0 Å². The SMILES string of the molecule is CCC(C)n1c(=O)c2ccccc2n(CC(=O)N2CCN(c3ccccc3OC)CC2)c1=O. The molecular weight excluding hydrogens is 420 g/mol. The number of aromatic nitrogens is 2. The lowest BCUT2D eigenvalue weighted by atomic mass is 10.2. The third kappa shape index (κ3) is 4.25. The van der Waals surface area contributed by atoms with Gasteiger partial charge in [0.1, 0.15) is 12.3 Å². The summed E-state index contributed by atoms with van der Waals surface area (Å²) in [5, 5.41) is 0.450. The monoisotopic (exact) mass is 450 g/mol. The van der Waals surface area contributed by atoms with Crippen molar-refractivity contribution in [1.82, 2.24) is 14.0 Å². The van der Waals surface area contributed by atoms with Crippen molar-refractivity contribution in [2.75, 3.05) is 38.2 Å². The van der Waals surface area contributed by atoms with Crippen molar-refractivity contribution in [2.24, 2.45) is 0 Å². The summed E-state index contributed by atoms with van der Waals surface area (Å²) in [6, 6.07) is 14.6. The minimum atomic E-state index is -0.436. The molecule has 1 aromatic heterocycles. The van der Waals surface area contributed by atoms with E-state index in [0.717, 1.165) is 11.4 Å². The fourth-order valence-electron chi connectivity index (χ4n) is 4.39. The summed E-state index contributed by atoms with van der Waals surface area (Å²) in [6.45, 7) is 6.14. The van der Waals surface area contributed by atoms with Crippen LogP contribution in [0, 0.1) is 0 Å². The molecule has 8 nitrogen and oxygen atoms in total. The average Bonchev–Trinajstić information content (AvgIpc) is 2.86. The highest BCUT2D eigenvalue weighted by Crippen LogP contribution is 2.28. The Labute approximate surface area is 192 Å². The molecule has 1 aliphatic heterocycles. The van der Waals surface area contributed by atoms with E-state index in [1.165, 1.54) is 9.13 Å². The lowest BCUT2D eigenvalue weighted by Gasteiger charge is -2.36. The summed E-state index contributed by atoms with van der Waals surface area (Å²) in [5.74, 6) is 0.680. The first-order valence-corrected chi connectivity index (χ1v) is 11.4. The Morgan fingerprint density at radius 2 is 1.67 bits per heavy atom. The second-order valence-corrected chi connectivity index (χ2v) is 8.36. The van der Waals surface area contributed by atoms with Crippen LogP contribution in [0.4, 0.5) is 5.69 Å². The second-order valence-electron chi connectivity index (χ2n) is 8.36. The Bertz CT molecular complexity index is 1270. The molecule has 0 bridgehead atoms. The van der Waals surface area contributed by atoms with E-state index in [-0.39, 0.29) is 24.1 Å². The van der Waals surface area contributed by atoms with Crippen molar-refractivity contribution >= 4 is 22.5 Å². The van der Waals surface area contributed by atoms with Crippen LogP contribution in [0.25, 0.3) is 10.9 Å². The molecule has 0 radical (unpaired) electrons. The zero-order valence-electron chi connectivity index (χ0n) is 19.4. The smallest absolute Gasteiger partial charge is 0.332 e. The highest BCUT2D eigenvalue weighted by molar-refractivity contribution is 5.82. The van der Waals surface area contributed by atoms with Crippen LogP contribution in [0.3, 0.4) is 0 Å². The number of rotatable bonds is 6. The normalized spacial score (nSPS) is 15.0. The van der Waals surface area contributed by atoms with Gasteiger partial charge >= 0.3 is 5.69 Å². The van der Waals surface area contributed by atoms with Crippen molar-refractivity contribution in [1.29, 1.82) is 0 Å². The molecule has 1 amide bonds. The minimum absolute atomic E-state index is 0.0925. The van der Waals surface area contributed by atoms with Crippen molar-refractivity contribution in [2.45, 2.75) is 32.9 Å². The molecule has 1 aliphatic rings. The fraction of sp³-hybridized carbons (Fsp3) is 0.400. The Balaban J connectivity index is 1.58. The number of benzene rings is 2. The summed E-state index contributed by atoms with van der Waals surface area (Å²) in [7, 11) is 1.65. The molecular formula is C25H30N4O4.